The van der Waals surface area contributed by atoms with Crippen molar-refractivity contribution in [2.45, 2.75) is 25.2 Å². The first-order chi connectivity index (χ1) is 11.6. The van der Waals surface area contributed by atoms with E-state index in [-0.39, 0.29) is 36.5 Å². The van der Waals surface area contributed by atoms with Gasteiger partial charge in [-0.3, -0.25) is 4.79 Å². The standard InChI is InChI=1S/C17H19FN2O4/c18-7-10(8-19-17(22)23)9-24-11-4-5-15-14(6-11)12-2-1-3-13(12)16(21)20-15/h4-7,12-13,19H,1-3,8-9H2,(H,20,21)(H,22,23)/b10-7-. The van der Waals surface area contributed by atoms with E-state index >= 15 is 0 Å². The highest BCUT2D eigenvalue weighted by Crippen LogP contribution is 2.46. The van der Waals surface area contributed by atoms with Crippen LogP contribution in [-0.2, 0) is 4.79 Å². The van der Waals surface area contributed by atoms with Crippen LogP contribution in [0.4, 0.5) is 14.9 Å². The monoisotopic (exact) mass is 334 g/mol. The SMILES string of the molecule is O=C(O)NC/C(=C/F)COc1ccc2c(c1)C1CCCC1C(=O)N2. The van der Waals surface area contributed by atoms with Crippen LogP contribution in [0.15, 0.2) is 30.1 Å². The van der Waals surface area contributed by atoms with Gasteiger partial charge in [-0.25, -0.2) is 9.18 Å². The van der Waals surface area contributed by atoms with Gasteiger partial charge in [0.05, 0.1) is 6.33 Å². The van der Waals surface area contributed by atoms with Crippen LogP contribution in [0.2, 0.25) is 0 Å². The van der Waals surface area contributed by atoms with Crippen molar-refractivity contribution in [2.24, 2.45) is 5.92 Å². The summed E-state index contributed by atoms with van der Waals surface area (Å²) in [6, 6.07) is 5.40. The van der Waals surface area contributed by atoms with Crippen LogP contribution in [0.1, 0.15) is 30.7 Å². The molecule has 0 aromatic heterocycles. The highest BCUT2D eigenvalue weighted by atomic mass is 19.1. The van der Waals surface area contributed by atoms with Crippen LogP contribution < -0.4 is 15.4 Å². The zero-order chi connectivity index (χ0) is 17.1. The van der Waals surface area contributed by atoms with Gasteiger partial charge in [0.2, 0.25) is 5.91 Å². The number of halogens is 1. The van der Waals surface area contributed by atoms with Crippen LogP contribution in [0.25, 0.3) is 0 Å². The third-order valence-corrected chi connectivity index (χ3v) is 4.58. The molecule has 0 bridgehead atoms. The van der Waals surface area contributed by atoms with Crippen molar-refractivity contribution in [3.63, 3.8) is 0 Å². The maximum Gasteiger partial charge on any atom is 0.404 e. The Labute approximate surface area is 138 Å². The first-order valence-electron chi connectivity index (χ1n) is 7.91. The van der Waals surface area contributed by atoms with Crippen LogP contribution in [0.3, 0.4) is 0 Å². The molecule has 1 fully saturated rings. The maximum atomic E-state index is 12.8. The highest BCUT2D eigenvalue weighted by molar-refractivity contribution is 5.97. The summed E-state index contributed by atoms with van der Waals surface area (Å²) < 4.78 is 18.4. The Balaban J connectivity index is 1.69. The van der Waals surface area contributed by atoms with E-state index in [1.54, 1.807) is 12.1 Å². The molecule has 1 aliphatic heterocycles. The lowest BCUT2D eigenvalue weighted by atomic mass is 9.84. The third kappa shape index (κ3) is 3.34. The van der Waals surface area contributed by atoms with Gasteiger partial charge in [-0.05, 0) is 42.5 Å². The molecule has 2 atom stereocenters. The van der Waals surface area contributed by atoms with Crippen molar-refractivity contribution in [3.8, 4) is 5.75 Å². The highest BCUT2D eigenvalue weighted by Gasteiger charge is 2.39. The molecule has 24 heavy (non-hydrogen) atoms. The molecule has 7 heteroatoms. The molecule has 1 saturated carbocycles. The number of nitrogens with one attached hydrogen (secondary N) is 2. The lowest BCUT2D eigenvalue weighted by Gasteiger charge is -2.28. The quantitative estimate of drug-likeness (QED) is 0.772. The molecule has 6 nitrogen and oxygen atoms in total. The summed E-state index contributed by atoms with van der Waals surface area (Å²) in [5.41, 5.74) is 2.07. The molecule has 3 N–H and O–H groups in total. The lowest BCUT2D eigenvalue weighted by molar-refractivity contribution is -0.120. The number of benzene rings is 1. The van der Waals surface area contributed by atoms with Crippen LogP contribution in [-0.4, -0.2) is 30.3 Å². The second-order valence-electron chi connectivity index (χ2n) is 6.10. The average Bonchev–Trinajstić information content (AvgIpc) is 3.06. The number of carboxylic acid groups (broad SMARTS) is 1. The minimum atomic E-state index is -1.22. The molecule has 0 spiro atoms. The van der Waals surface area contributed by atoms with Gasteiger partial charge in [-0.2, -0.15) is 0 Å². The molecule has 1 aliphatic carbocycles. The molecular weight excluding hydrogens is 315 g/mol. The third-order valence-electron chi connectivity index (χ3n) is 4.58. The van der Waals surface area contributed by atoms with Gasteiger partial charge in [0.1, 0.15) is 12.4 Å². The zero-order valence-electron chi connectivity index (χ0n) is 13.0. The first kappa shape index (κ1) is 16.3. The Kier molecular flexibility index (Phi) is 4.69. The number of amides is 2. The van der Waals surface area contributed by atoms with Crippen molar-refractivity contribution in [2.75, 3.05) is 18.5 Å². The van der Waals surface area contributed by atoms with Gasteiger partial charge >= 0.3 is 6.09 Å². The number of carbonyl (C=O) groups excluding carboxylic acids is 1. The minimum Gasteiger partial charge on any atom is -0.489 e. The normalized spacial score (nSPS) is 22.4. The number of rotatable bonds is 5. The number of fused-ring (bicyclic) bond motifs is 3. The molecule has 1 aromatic carbocycles. The molecule has 2 unspecified atom stereocenters. The molecule has 2 aliphatic rings. The van der Waals surface area contributed by atoms with E-state index in [2.05, 4.69) is 10.6 Å². The largest absolute Gasteiger partial charge is 0.489 e. The van der Waals surface area contributed by atoms with Gasteiger partial charge in [-0.1, -0.05) is 6.42 Å². The fourth-order valence-electron chi connectivity index (χ4n) is 3.41. The van der Waals surface area contributed by atoms with Crippen molar-refractivity contribution in [3.05, 3.63) is 35.7 Å². The second kappa shape index (κ2) is 6.90. The van der Waals surface area contributed by atoms with Gasteiger partial charge in [0.15, 0.2) is 0 Å². The number of carbonyl (C=O) groups is 2. The number of ether oxygens (including phenoxy) is 1. The van der Waals surface area contributed by atoms with Gasteiger partial charge in [0, 0.05) is 23.7 Å². The topological polar surface area (TPSA) is 87.7 Å². The smallest absolute Gasteiger partial charge is 0.404 e. The Morgan fingerprint density at radius 1 is 1.42 bits per heavy atom. The minimum absolute atomic E-state index is 0.0221. The van der Waals surface area contributed by atoms with Crippen LogP contribution in [0.5, 0.6) is 5.75 Å². The zero-order valence-corrected chi connectivity index (χ0v) is 13.0. The number of hydrogen-bond acceptors (Lipinski definition) is 3. The Morgan fingerprint density at radius 3 is 2.96 bits per heavy atom. The maximum absolute atomic E-state index is 12.8. The molecular formula is C17H19FN2O4. The Bertz CT molecular complexity index is 689. The van der Waals surface area contributed by atoms with Crippen LogP contribution >= 0.6 is 0 Å². The summed E-state index contributed by atoms with van der Waals surface area (Å²) >= 11 is 0. The summed E-state index contributed by atoms with van der Waals surface area (Å²) in [5.74, 6) is 0.891. The van der Waals surface area contributed by atoms with E-state index in [1.165, 1.54) is 0 Å². The molecule has 128 valence electrons. The molecule has 1 aromatic rings. The van der Waals surface area contributed by atoms with Crippen molar-refractivity contribution in [1.29, 1.82) is 0 Å². The average molecular weight is 334 g/mol. The predicted molar refractivity (Wildman–Crippen MR) is 85.9 cm³/mol. The molecule has 3 rings (SSSR count). The van der Waals surface area contributed by atoms with Crippen molar-refractivity contribution in [1.82, 2.24) is 5.32 Å². The summed E-state index contributed by atoms with van der Waals surface area (Å²) in [7, 11) is 0. The molecule has 0 saturated heterocycles. The second-order valence-corrected chi connectivity index (χ2v) is 6.10. The fraction of sp³-hybridized carbons (Fsp3) is 0.412. The number of anilines is 1. The summed E-state index contributed by atoms with van der Waals surface area (Å²) in [6.45, 7) is -0.173. The van der Waals surface area contributed by atoms with Crippen LogP contribution in [0, 0.1) is 5.92 Å². The molecule has 1 heterocycles. The number of hydrogen-bond donors (Lipinski definition) is 3. The van der Waals surface area contributed by atoms with Crippen molar-refractivity contribution < 1.29 is 23.8 Å². The Morgan fingerprint density at radius 2 is 2.21 bits per heavy atom. The fourth-order valence-corrected chi connectivity index (χ4v) is 3.41. The molecule has 0 radical (unpaired) electrons. The molecule has 2 amide bonds. The van der Waals surface area contributed by atoms with Gasteiger partial charge in [0.25, 0.3) is 0 Å². The van der Waals surface area contributed by atoms with Gasteiger partial charge in [-0.15, -0.1) is 0 Å². The summed E-state index contributed by atoms with van der Waals surface area (Å²) in [6.07, 6.45) is 2.04. The summed E-state index contributed by atoms with van der Waals surface area (Å²) in [4.78, 5) is 22.5. The van der Waals surface area contributed by atoms with E-state index < -0.39 is 6.09 Å². The van der Waals surface area contributed by atoms with E-state index in [1.807, 2.05) is 6.07 Å². The predicted octanol–water partition coefficient (Wildman–Crippen LogP) is 3.02. The van der Waals surface area contributed by atoms with Gasteiger partial charge < -0.3 is 20.5 Å². The summed E-state index contributed by atoms with van der Waals surface area (Å²) in [5, 5.41) is 13.6. The Hall–Kier alpha value is -2.57. The lowest BCUT2D eigenvalue weighted by Crippen LogP contribution is -2.30. The van der Waals surface area contributed by atoms with Crippen molar-refractivity contribution >= 4 is 17.7 Å². The van der Waals surface area contributed by atoms with E-state index in [0.717, 1.165) is 30.5 Å². The van der Waals surface area contributed by atoms with E-state index in [9.17, 15) is 14.0 Å². The van der Waals surface area contributed by atoms with E-state index in [4.69, 9.17) is 9.84 Å². The first-order valence-corrected chi connectivity index (χ1v) is 7.91. The van der Waals surface area contributed by atoms with E-state index in [0.29, 0.717) is 12.1 Å².